The van der Waals surface area contributed by atoms with Crippen LogP contribution in [-0.2, 0) is 78.9 Å². The van der Waals surface area contributed by atoms with Crippen LogP contribution in [0.4, 0.5) is 70.9 Å². The minimum absolute atomic E-state index is 0.00375. The number of ether oxygens (including phenoxy) is 4. The molecule has 0 saturated heterocycles. The largest absolute Gasteiger partial charge is 0.445 e. The van der Waals surface area contributed by atoms with Crippen molar-refractivity contribution in [2.24, 2.45) is 50.5 Å². The van der Waals surface area contributed by atoms with Gasteiger partial charge in [-0.1, -0.05) is 91.8 Å². The van der Waals surface area contributed by atoms with E-state index in [1.165, 1.54) is 18.6 Å². The topological polar surface area (TPSA) is 595 Å². The number of halogens is 4. The van der Waals surface area contributed by atoms with Gasteiger partial charge in [0.05, 0.1) is 60.8 Å². The molecule has 9 rings (SSSR count). The molecule has 0 spiro atoms. The van der Waals surface area contributed by atoms with Crippen LogP contribution in [0.1, 0.15) is 187 Å². The van der Waals surface area contributed by atoms with E-state index in [-0.39, 0.29) is 126 Å². The molecule has 0 saturated carbocycles. The Morgan fingerprint density at radius 1 is 0.458 bits per heavy atom. The summed E-state index contributed by atoms with van der Waals surface area (Å²) in [6.45, 7) is 16.9. The summed E-state index contributed by atoms with van der Waals surface area (Å²) in [5.74, 6) is -14.3. The van der Waals surface area contributed by atoms with E-state index in [4.69, 9.17) is 42.9 Å². The van der Waals surface area contributed by atoms with Gasteiger partial charge in [0.15, 0.2) is 11.6 Å². The van der Waals surface area contributed by atoms with Gasteiger partial charge in [0.25, 0.3) is 11.8 Å². The van der Waals surface area contributed by atoms with Gasteiger partial charge in [0, 0.05) is 135 Å². The third kappa shape index (κ3) is 36.2. The smallest absolute Gasteiger partial charge is 0.407 e. The van der Waals surface area contributed by atoms with Crippen molar-refractivity contribution >= 4 is 141 Å². The Morgan fingerprint density at radius 2 is 0.873 bits per heavy atom. The van der Waals surface area contributed by atoms with Crippen LogP contribution in [0.2, 0.25) is 0 Å². The number of amidine groups is 2. The van der Waals surface area contributed by atoms with Crippen LogP contribution in [-0.4, -0.2) is 191 Å². The first-order valence-corrected chi connectivity index (χ1v) is 46.2. The SMILES string of the molecule is CCCN(CCC)C(=O)C1=Cc2ccc(C(=O)Nc3cncc(CNC(=O)OCc4ccc(NC(=O)[C@H](CCCNC(N)=O)NC(=O)[C@@H](N)C(C)C)cc4)c3)cc2N=C(N)C1.CCCN(CCC)C(=O)C1=Cc2ccc(C(=O)Nc3cncc(CNC(=O)OCc4ccc(NC(=O)[C@H](CCCNC(N)=O)NC(=O)[C@@H](NC(=O)CCOCCC(=O)Oc5c(F)c(F)cc(F)c5F)C(C)C)cc4)c3)cc2N=C(N)C1. The summed E-state index contributed by atoms with van der Waals surface area (Å²) in [6.07, 6.45) is 11.7. The van der Waals surface area contributed by atoms with Crippen LogP contribution < -0.4 is 91.9 Å². The lowest BCUT2D eigenvalue weighted by atomic mass is 10.0. The second kappa shape index (κ2) is 56.3. The number of esters is 1. The molecule has 7 aromatic rings. The molecule has 0 aliphatic carbocycles. The van der Waals surface area contributed by atoms with Crippen molar-refractivity contribution in [3.05, 3.63) is 207 Å². The lowest BCUT2D eigenvalue weighted by Gasteiger charge is -2.25. The number of aliphatic imine (C=N–C) groups is 2. The number of aromatic nitrogens is 2. The maximum Gasteiger partial charge on any atom is 0.407 e. The third-order valence-electron chi connectivity index (χ3n) is 21.5. The zero-order valence-electron chi connectivity index (χ0n) is 80.1. The van der Waals surface area contributed by atoms with Crippen LogP contribution in [0.15, 0.2) is 149 Å². The fraction of sp³-hybridized carbons (Fsp3) is 0.388. The number of primary amides is 2. The van der Waals surface area contributed by atoms with Crippen LogP contribution in [0, 0.1) is 35.1 Å². The highest BCUT2D eigenvalue weighted by atomic mass is 19.2. The molecule has 5 aromatic carbocycles. The first-order valence-electron chi connectivity index (χ1n) is 46.2. The van der Waals surface area contributed by atoms with E-state index in [0.29, 0.717) is 117 Å². The van der Waals surface area contributed by atoms with E-state index in [9.17, 15) is 84.7 Å². The van der Waals surface area contributed by atoms with Gasteiger partial charge in [-0.05, 0) is 158 Å². The molecule has 4 atom stereocenters. The van der Waals surface area contributed by atoms with Gasteiger partial charge in [0.2, 0.25) is 58.7 Å². The summed E-state index contributed by atoms with van der Waals surface area (Å²) in [4.78, 5) is 200. The van der Waals surface area contributed by atoms with Gasteiger partial charge >= 0.3 is 30.2 Å². The van der Waals surface area contributed by atoms with E-state index in [1.54, 1.807) is 148 Å². The Morgan fingerprint density at radius 3 is 1.27 bits per heavy atom. The zero-order valence-corrected chi connectivity index (χ0v) is 80.1. The highest BCUT2D eigenvalue weighted by Crippen LogP contribution is 2.33. The van der Waals surface area contributed by atoms with Crippen molar-refractivity contribution in [3.8, 4) is 5.75 Å². The van der Waals surface area contributed by atoms with Gasteiger partial charge in [-0.25, -0.2) is 37.9 Å². The number of benzene rings is 5. The van der Waals surface area contributed by atoms with Crippen molar-refractivity contribution < 1.29 is 104 Å². The first kappa shape index (κ1) is 112. The van der Waals surface area contributed by atoms with Crippen molar-refractivity contribution in [2.45, 2.75) is 183 Å². The second-order valence-corrected chi connectivity index (χ2v) is 33.8. The van der Waals surface area contributed by atoms with E-state index < -0.39 is 144 Å². The lowest BCUT2D eigenvalue weighted by Crippen LogP contribution is -2.54. The number of carbonyl (C=O) groups excluding carboxylic acids is 14. The molecule has 2 aromatic heterocycles. The molecule has 15 amide bonds. The Labute approximate surface area is 817 Å². The van der Waals surface area contributed by atoms with E-state index >= 15 is 0 Å². The number of alkyl carbamates (subject to hydrolysis) is 2. The summed E-state index contributed by atoms with van der Waals surface area (Å²) < 4.78 is 74.9. The zero-order chi connectivity index (χ0) is 104. The Bertz CT molecular complexity index is 5750. The summed E-state index contributed by atoms with van der Waals surface area (Å²) in [7, 11) is 0. The Balaban J connectivity index is 0.000000362. The summed E-state index contributed by atoms with van der Waals surface area (Å²) in [6, 6.07) is 20.5. The summed E-state index contributed by atoms with van der Waals surface area (Å²) >= 11 is 0. The molecule has 0 bridgehead atoms. The quantitative estimate of drug-likeness (QED) is 0.00554. The van der Waals surface area contributed by atoms with Crippen molar-refractivity contribution in [3.63, 3.8) is 0 Å². The Kier molecular flexibility index (Phi) is 44.3. The number of urea groups is 2. The maximum atomic E-state index is 13.8. The number of rotatable bonds is 48. The van der Waals surface area contributed by atoms with Crippen molar-refractivity contribution in [1.29, 1.82) is 0 Å². The molecule has 2 aliphatic rings. The molecule has 0 fully saturated rings. The number of nitrogens with one attached hydrogen (secondary N) is 11. The van der Waals surface area contributed by atoms with Crippen LogP contribution in [0.5, 0.6) is 5.75 Å². The van der Waals surface area contributed by atoms with Gasteiger partial charge in [-0.2, -0.15) is 8.78 Å². The van der Waals surface area contributed by atoms with Gasteiger partial charge in [0.1, 0.15) is 43.0 Å². The number of hydrogen-bond donors (Lipinski definition) is 16. The monoisotopic (exact) mass is 1970 g/mol. The van der Waals surface area contributed by atoms with Gasteiger partial charge in [-0.3, -0.25) is 57.9 Å². The van der Waals surface area contributed by atoms with E-state index in [0.717, 1.165) is 25.7 Å². The number of carbonyl (C=O) groups is 14. The van der Waals surface area contributed by atoms with Crippen LogP contribution >= 0.6 is 0 Å². The second-order valence-electron chi connectivity index (χ2n) is 33.8. The lowest BCUT2D eigenvalue weighted by molar-refractivity contribution is -0.136. The minimum atomic E-state index is -1.90. The maximum absolute atomic E-state index is 13.8. The number of nitrogens with zero attached hydrogens (tertiary/aromatic N) is 6. The molecule has 0 radical (unpaired) electrons. The molecule has 2 aliphatic heterocycles. The van der Waals surface area contributed by atoms with E-state index in [2.05, 4.69) is 83.2 Å². The van der Waals surface area contributed by atoms with Gasteiger partial charge < -0.3 is 116 Å². The Hall–Kier alpha value is -15.8. The molecule has 142 heavy (non-hydrogen) atoms. The number of anilines is 4. The predicted molar refractivity (Wildman–Crippen MR) is 523 cm³/mol. The van der Waals surface area contributed by atoms with Gasteiger partial charge in [-0.15, -0.1) is 0 Å². The number of nitrogens with two attached hydrogens (primary N) is 5. The molecule has 4 heterocycles. The summed E-state index contributed by atoms with van der Waals surface area (Å²) in [5, 5.41) is 29.2. The van der Waals surface area contributed by atoms with Crippen LogP contribution in [0.3, 0.4) is 0 Å². The van der Waals surface area contributed by atoms with E-state index in [1.807, 2.05) is 32.6 Å². The molecule has 40 nitrogen and oxygen atoms in total. The highest BCUT2D eigenvalue weighted by Gasteiger charge is 2.32. The minimum Gasteiger partial charge on any atom is -0.445 e. The molecule has 21 N–H and O–H groups in total. The van der Waals surface area contributed by atoms with Crippen molar-refractivity contribution in [1.82, 2.24) is 57.0 Å². The number of pyridine rings is 2. The summed E-state index contributed by atoms with van der Waals surface area (Å²) in [5.41, 5.74) is 36.5. The average molecular weight is 1970 g/mol. The molecular weight excluding hydrogens is 1850 g/mol. The number of amides is 15. The predicted octanol–water partition coefficient (Wildman–Crippen LogP) is 10.2. The number of hydrogen-bond acceptors (Lipinski definition) is 25. The standard InChI is InChI=1S/C55H65F4N11O11.C43H57N11O7/c1-5-18-70(19-6-2)53(76)36-23-34-11-12-35(24-42(34)67-43(60)25-36)50(73)66-38-22-33(27-62-29-38)28-64-55(78)80-30-32-9-13-37(14-10-32)65-51(74)41(8-7-17-63-54(61)77)68-52(75)48(31(3)4)69-44(71)15-20-79-21-16-45(72)81-49-46(58)39(56)26-40(57)47(49)59;1-5-16-54(17-6-2)41(58)31-19-29-11-12-30(20-35(29)52-36(44)21-31)38(55)51-33-18-28(22-47-24-33)23-49-43(60)61-25-27-9-13-32(14-10-27)50-39(56)34(8-7-15-48-42(46)59)53-40(57)37(45)26(3)4/h9-14,22-24,26-27,29,31,41,48H,5-8,15-21,25,28,30H2,1-4H3,(H2,60,67)(H,64,78)(H,65,74)(H,66,73)(H,68,75)(H,69,71)(H3,61,63,77);9-14,18-20,22,24,26,34,37H,5-8,15-17,21,23,25,45H2,1-4H3,(H2,44,52)(H,49,60)(H,50,56)(H,51,55)(H,53,57)(H3,46,48,59)/t41-,48-;34-,37-/m00/s1. The van der Waals surface area contributed by atoms with Crippen LogP contribution in [0.25, 0.3) is 12.2 Å². The molecule has 44 heteroatoms. The first-order chi connectivity index (χ1) is 67.8. The number of fused-ring (bicyclic) bond motifs is 2. The normalized spacial score (nSPS) is 12.7. The third-order valence-corrected chi connectivity index (χ3v) is 21.5. The molecule has 0 unspecified atom stereocenters. The van der Waals surface area contributed by atoms with Crippen molar-refractivity contribution in [2.75, 3.05) is 73.7 Å². The molecule has 760 valence electrons. The molecular formula is C98H122F4N22O18. The average Bonchev–Trinajstić information content (AvgIpc) is 1.43. The highest BCUT2D eigenvalue weighted by molar-refractivity contribution is 6.10. The fourth-order valence-electron chi connectivity index (χ4n) is 14.2. The fourth-order valence-corrected chi connectivity index (χ4v) is 14.2.